The second kappa shape index (κ2) is 5.21. The van der Waals surface area contributed by atoms with Crippen LogP contribution in [0.5, 0.6) is 0 Å². The molecule has 24 heavy (non-hydrogen) atoms. The first-order valence-electron chi connectivity index (χ1n) is 8.03. The van der Waals surface area contributed by atoms with E-state index in [4.69, 9.17) is 9.84 Å². The minimum atomic E-state index is -4.44. The van der Waals surface area contributed by atoms with E-state index in [-0.39, 0.29) is 23.5 Å². The Hall–Kier alpha value is -1.57. The summed E-state index contributed by atoms with van der Waals surface area (Å²) in [5, 5.41) is 18.2. The molecule has 4 aliphatic carbocycles. The zero-order valence-electron chi connectivity index (χ0n) is 13.3. The Morgan fingerprint density at radius 3 is 2.29 bits per heavy atom. The maximum atomic E-state index is 13.5. The van der Waals surface area contributed by atoms with Gasteiger partial charge in [-0.15, -0.1) is 0 Å². The number of ketones is 1. The molecule has 0 aromatic rings. The number of hydrogen-bond acceptors (Lipinski definition) is 5. The highest BCUT2D eigenvalue weighted by atomic mass is 19.3. The molecule has 0 saturated heterocycles. The third kappa shape index (κ3) is 2.42. The van der Waals surface area contributed by atoms with Crippen LogP contribution in [0, 0.1) is 23.2 Å². The van der Waals surface area contributed by atoms with Crippen molar-refractivity contribution in [1.29, 1.82) is 0 Å². The number of esters is 1. The van der Waals surface area contributed by atoms with Crippen LogP contribution in [0.15, 0.2) is 0 Å². The van der Waals surface area contributed by atoms with Gasteiger partial charge in [0.2, 0.25) is 0 Å². The van der Waals surface area contributed by atoms with Gasteiger partial charge in [-0.3, -0.25) is 9.59 Å². The summed E-state index contributed by atoms with van der Waals surface area (Å²) in [6.45, 7) is -0.488. The fourth-order valence-corrected chi connectivity index (χ4v) is 4.68. The Balaban J connectivity index is 1.70. The molecule has 2 N–H and O–H groups in total. The monoisotopic (exact) mass is 346 g/mol. The number of Topliss-reactive ketones (excluding diaryl/α,β-unsaturated/α-hetero) is 1. The molecule has 6 nitrogen and oxygen atoms in total. The van der Waals surface area contributed by atoms with E-state index in [9.17, 15) is 28.3 Å². The standard InChI is InChI=1S/C16H20F2O6/c1-14(23,16(17,18)12(20)21)7-24-13(22)15-4-8-2-9(5-15)11(19)10(3-8)6-15/h8-10,23H,2-7H2,1H3,(H,20,21). The van der Waals surface area contributed by atoms with E-state index in [1.807, 2.05) is 0 Å². The SMILES string of the molecule is CC(O)(COC(=O)C12CC3CC(C1)C(=O)C(C3)C2)C(F)(F)C(=O)O. The molecule has 0 heterocycles. The lowest BCUT2D eigenvalue weighted by Gasteiger charge is -2.54. The van der Waals surface area contributed by atoms with Crippen molar-refractivity contribution >= 4 is 17.7 Å². The highest BCUT2D eigenvalue weighted by molar-refractivity contribution is 5.89. The summed E-state index contributed by atoms with van der Waals surface area (Å²) in [6, 6.07) is 0. The molecule has 4 aliphatic rings. The van der Waals surface area contributed by atoms with E-state index >= 15 is 0 Å². The normalized spacial score (nSPS) is 37.2. The summed E-state index contributed by atoms with van der Waals surface area (Å²) >= 11 is 0. The van der Waals surface area contributed by atoms with Crippen LogP contribution in [-0.4, -0.2) is 46.1 Å². The van der Waals surface area contributed by atoms with Gasteiger partial charge in [-0.05, 0) is 44.9 Å². The first-order valence-corrected chi connectivity index (χ1v) is 8.03. The van der Waals surface area contributed by atoms with Crippen molar-refractivity contribution in [2.75, 3.05) is 6.61 Å². The predicted molar refractivity (Wildman–Crippen MR) is 75.2 cm³/mol. The van der Waals surface area contributed by atoms with Crippen molar-refractivity contribution in [3.8, 4) is 0 Å². The van der Waals surface area contributed by atoms with E-state index in [1.54, 1.807) is 0 Å². The van der Waals surface area contributed by atoms with Crippen LogP contribution in [0.2, 0.25) is 0 Å². The van der Waals surface area contributed by atoms with Gasteiger partial charge < -0.3 is 14.9 Å². The van der Waals surface area contributed by atoms with E-state index in [1.165, 1.54) is 0 Å². The number of carboxylic acids is 1. The Bertz CT molecular complexity index is 581. The fourth-order valence-electron chi connectivity index (χ4n) is 4.68. The van der Waals surface area contributed by atoms with Crippen LogP contribution in [-0.2, 0) is 19.1 Å². The lowest BCUT2D eigenvalue weighted by Crippen LogP contribution is -2.57. The molecule has 4 rings (SSSR count). The zero-order valence-corrected chi connectivity index (χ0v) is 13.3. The maximum absolute atomic E-state index is 13.5. The molecule has 8 heteroatoms. The number of alkyl halides is 2. The van der Waals surface area contributed by atoms with Crippen molar-refractivity contribution in [3.63, 3.8) is 0 Å². The Labute approximate surface area is 137 Å². The molecule has 0 radical (unpaired) electrons. The third-order valence-electron chi connectivity index (χ3n) is 5.86. The molecule has 4 bridgehead atoms. The fraction of sp³-hybridized carbons (Fsp3) is 0.812. The molecule has 4 saturated carbocycles. The van der Waals surface area contributed by atoms with Crippen LogP contribution in [0.1, 0.15) is 39.0 Å². The quantitative estimate of drug-likeness (QED) is 0.730. The van der Waals surface area contributed by atoms with Crippen molar-refractivity contribution in [3.05, 3.63) is 0 Å². The minimum absolute atomic E-state index is 0.176. The largest absolute Gasteiger partial charge is 0.477 e. The number of ether oxygens (including phenoxy) is 1. The highest BCUT2D eigenvalue weighted by Gasteiger charge is 2.60. The molecular weight excluding hydrogens is 326 g/mol. The second-order valence-corrected chi connectivity index (χ2v) is 7.76. The van der Waals surface area contributed by atoms with Crippen LogP contribution < -0.4 is 0 Å². The molecule has 0 amide bonds. The molecule has 3 atom stereocenters. The molecule has 4 fully saturated rings. The number of aliphatic carboxylic acids is 1. The maximum Gasteiger partial charge on any atom is 0.377 e. The molecule has 0 aromatic carbocycles. The first-order chi connectivity index (χ1) is 11.0. The first kappa shape index (κ1) is 17.3. The average molecular weight is 346 g/mol. The van der Waals surface area contributed by atoms with Crippen molar-refractivity contribution in [2.24, 2.45) is 23.2 Å². The van der Waals surface area contributed by atoms with Crippen LogP contribution in [0.3, 0.4) is 0 Å². The van der Waals surface area contributed by atoms with E-state index in [0.717, 1.165) is 12.8 Å². The lowest BCUT2D eigenvalue weighted by molar-refractivity contribution is -0.220. The highest BCUT2D eigenvalue weighted by Crippen LogP contribution is 2.59. The molecule has 0 aromatic heterocycles. The van der Waals surface area contributed by atoms with E-state index in [0.29, 0.717) is 26.2 Å². The number of hydrogen-bond donors (Lipinski definition) is 2. The predicted octanol–water partition coefficient (Wildman–Crippen LogP) is 1.40. The number of carbonyl (C=O) groups is 3. The van der Waals surface area contributed by atoms with Crippen LogP contribution in [0.4, 0.5) is 8.78 Å². The summed E-state index contributed by atoms with van der Waals surface area (Å²) in [5.41, 5.74) is -3.87. The summed E-state index contributed by atoms with van der Waals surface area (Å²) in [6.07, 6.45) is 2.80. The van der Waals surface area contributed by atoms with Crippen molar-refractivity contribution < 1.29 is 38.1 Å². The zero-order chi connectivity index (χ0) is 17.9. The van der Waals surface area contributed by atoms with Gasteiger partial charge in [0.05, 0.1) is 5.41 Å². The van der Waals surface area contributed by atoms with E-state index in [2.05, 4.69) is 0 Å². The average Bonchev–Trinajstić information content (AvgIpc) is 2.49. The van der Waals surface area contributed by atoms with Crippen molar-refractivity contribution in [1.82, 2.24) is 0 Å². The van der Waals surface area contributed by atoms with Gasteiger partial charge in [-0.1, -0.05) is 0 Å². The molecule has 134 valence electrons. The summed E-state index contributed by atoms with van der Waals surface area (Å²) < 4.78 is 31.9. The number of halogens is 2. The van der Waals surface area contributed by atoms with Gasteiger partial charge in [0.15, 0.2) is 5.60 Å². The van der Waals surface area contributed by atoms with Crippen LogP contribution in [0.25, 0.3) is 0 Å². The van der Waals surface area contributed by atoms with Crippen LogP contribution >= 0.6 is 0 Å². The summed E-state index contributed by atoms with van der Waals surface area (Å²) in [5.74, 6) is -7.55. The van der Waals surface area contributed by atoms with Gasteiger partial charge in [0.1, 0.15) is 12.4 Å². The molecule has 3 unspecified atom stereocenters. The third-order valence-corrected chi connectivity index (χ3v) is 5.86. The van der Waals surface area contributed by atoms with Gasteiger partial charge in [-0.2, -0.15) is 8.78 Å². The number of aliphatic hydroxyl groups is 1. The minimum Gasteiger partial charge on any atom is -0.477 e. The summed E-state index contributed by atoms with van der Waals surface area (Å²) in [7, 11) is 0. The molecular formula is C16H20F2O6. The van der Waals surface area contributed by atoms with Gasteiger partial charge >= 0.3 is 17.9 Å². The van der Waals surface area contributed by atoms with Gasteiger partial charge in [-0.25, -0.2) is 4.79 Å². The number of rotatable bonds is 5. The Morgan fingerprint density at radius 2 is 1.79 bits per heavy atom. The van der Waals surface area contributed by atoms with E-state index < -0.39 is 35.5 Å². The lowest BCUT2D eigenvalue weighted by atomic mass is 9.49. The van der Waals surface area contributed by atoms with Gasteiger partial charge in [0.25, 0.3) is 0 Å². The smallest absolute Gasteiger partial charge is 0.377 e. The summed E-state index contributed by atoms with van der Waals surface area (Å²) in [4.78, 5) is 35.2. The number of carbonyl (C=O) groups excluding carboxylic acids is 2. The number of carboxylic acid groups (broad SMARTS) is 1. The van der Waals surface area contributed by atoms with Crippen molar-refractivity contribution in [2.45, 2.75) is 50.6 Å². The second-order valence-electron chi connectivity index (χ2n) is 7.76. The Kier molecular flexibility index (Phi) is 3.75. The van der Waals surface area contributed by atoms with Gasteiger partial charge in [0, 0.05) is 11.8 Å². The topological polar surface area (TPSA) is 101 Å². The molecule has 0 spiro atoms. The Morgan fingerprint density at radius 1 is 1.25 bits per heavy atom. The molecule has 0 aliphatic heterocycles.